The van der Waals surface area contributed by atoms with Gasteiger partial charge in [0.05, 0.1) is 11.6 Å². The molecule has 0 aliphatic carbocycles. The second-order valence-corrected chi connectivity index (χ2v) is 6.10. The van der Waals surface area contributed by atoms with E-state index in [-0.39, 0.29) is 0 Å². The van der Waals surface area contributed by atoms with Crippen LogP contribution < -0.4 is 10.1 Å². The number of nitrogens with one attached hydrogen (secondary N) is 1. The van der Waals surface area contributed by atoms with E-state index in [0.29, 0.717) is 18.2 Å². The summed E-state index contributed by atoms with van der Waals surface area (Å²) in [6, 6.07) is 3.89. The molecule has 0 aliphatic heterocycles. The molecule has 21 heavy (non-hydrogen) atoms. The average molecular weight is 365 g/mol. The maximum atomic E-state index is 5.69. The topological polar surface area (TPSA) is 59.9 Å². The number of fused-ring (bicyclic) bond motifs is 1. The number of ether oxygens (including phenoxy) is 1. The molecule has 0 bridgehead atoms. The van der Waals surface area contributed by atoms with Crippen molar-refractivity contribution in [2.24, 2.45) is 0 Å². The smallest absolute Gasteiger partial charge is 0.169 e. The number of hydrogen-bond acceptors (Lipinski definition) is 6. The highest BCUT2D eigenvalue weighted by Crippen LogP contribution is 2.25. The molecule has 3 aromatic rings. The van der Waals surface area contributed by atoms with Crippen LogP contribution in [0.25, 0.3) is 10.2 Å². The van der Waals surface area contributed by atoms with E-state index in [1.54, 1.807) is 23.7 Å². The third kappa shape index (κ3) is 3.30. The molecule has 3 rings (SSSR count). The molecule has 3 heterocycles. The number of thiophene rings is 1. The van der Waals surface area contributed by atoms with Gasteiger partial charge in [0.25, 0.3) is 0 Å². The van der Waals surface area contributed by atoms with Gasteiger partial charge in [-0.15, -0.1) is 11.3 Å². The van der Waals surface area contributed by atoms with Gasteiger partial charge in [0.1, 0.15) is 23.0 Å². The Morgan fingerprint density at radius 3 is 3.05 bits per heavy atom. The van der Waals surface area contributed by atoms with Gasteiger partial charge in [-0.25, -0.2) is 9.97 Å². The minimum absolute atomic E-state index is 0.310. The fraction of sp³-hybridized carbons (Fsp3) is 0.214. The van der Waals surface area contributed by atoms with E-state index in [1.807, 2.05) is 24.4 Å². The highest BCUT2D eigenvalue weighted by Gasteiger charge is 2.09. The Kier molecular flexibility index (Phi) is 4.31. The standard InChI is InChI=1S/C14H13BrN4OS/c1-2-17-13-11-3-4-21-14(11)19-12(18-13)8-20-10-5-9(15)6-16-7-10/h3-7H,2,8H2,1H3,(H,17,18,19). The highest BCUT2D eigenvalue weighted by molar-refractivity contribution is 9.10. The molecule has 0 saturated carbocycles. The minimum Gasteiger partial charge on any atom is -0.484 e. The zero-order valence-electron chi connectivity index (χ0n) is 11.3. The Labute approximate surface area is 134 Å². The van der Waals surface area contributed by atoms with Crippen molar-refractivity contribution in [3.05, 3.63) is 40.2 Å². The van der Waals surface area contributed by atoms with Gasteiger partial charge >= 0.3 is 0 Å². The lowest BCUT2D eigenvalue weighted by atomic mass is 10.3. The lowest BCUT2D eigenvalue weighted by Gasteiger charge is -2.08. The zero-order valence-corrected chi connectivity index (χ0v) is 13.7. The fourth-order valence-corrected chi connectivity index (χ4v) is 3.01. The molecule has 0 amide bonds. The quantitative estimate of drug-likeness (QED) is 0.744. The van der Waals surface area contributed by atoms with Crippen LogP contribution in [0.1, 0.15) is 12.7 Å². The van der Waals surface area contributed by atoms with E-state index in [0.717, 1.165) is 27.1 Å². The number of pyridine rings is 1. The SMILES string of the molecule is CCNc1nc(COc2cncc(Br)c2)nc2sccc12. The average Bonchev–Trinajstić information content (AvgIpc) is 2.94. The molecular weight excluding hydrogens is 352 g/mol. The van der Waals surface area contributed by atoms with Crippen LogP contribution in [0, 0.1) is 0 Å². The van der Waals surface area contributed by atoms with Crippen molar-refractivity contribution in [2.45, 2.75) is 13.5 Å². The van der Waals surface area contributed by atoms with Crippen LogP contribution in [-0.2, 0) is 6.61 Å². The summed E-state index contributed by atoms with van der Waals surface area (Å²) < 4.78 is 6.57. The van der Waals surface area contributed by atoms with Crippen molar-refractivity contribution in [1.82, 2.24) is 15.0 Å². The largest absolute Gasteiger partial charge is 0.484 e. The molecule has 0 saturated heterocycles. The monoisotopic (exact) mass is 364 g/mol. The Hall–Kier alpha value is -1.73. The number of rotatable bonds is 5. The highest BCUT2D eigenvalue weighted by atomic mass is 79.9. The summed E-state index contributed by atoms with van der Waals surface area (Å²) in [5.41, 5.74) is 0. The molecule has 7 heteroatoms. The minimum atomic E-state index is 0.310. The summed E-state index contributed by atoms with van der Waals surface area (Å²) in [4.78, 5) is 14.1. The lowest BCUT2D eigenvalue weighted by molar-refractivity contribution is 0.295. The molecule has 0 spiro atoms. The Morgan fingerprint density at radius 1 is 1.33 bits per heavy atom. The lowest BCUT2D eigenvalue weighted by Crippen LogP contribution is -2.06. The van der Waals surface area contributed by atoms with Gasteiger partial charge in [-0.3, -0.25) is 4.98 Å². The van der Waals surface area contributed by atoms with Gasteiger partial charge < -0.3 is 10.1 Å². The van der Waals surface area contributed by atoms with Gasteiger partial charge in [0, 0.05) is 17.2 Å². The number of halogens is 1. The fourth-order valence-electron chi connectivity index (χ4n) is 1.89. The van der Waals surface area contributed by atoms with Crippen LogP contribution in [0.5, 0.6) is 5.75 Å². The van der Waals surface area contributed by atoms with Gasteiger partial charge in [-0.05, 0) is 40.4 Å². The summed E-state index contributed by atoms with van der Waals surface area (Å²) in [7, 11) is 0. The van der Waals surface area contributed by atoms with E-state index in [9.17, 15) is 0 Å². The number of hydrogen-bond donors (Lipinski definition) is 1. The van der Waals surface area contributed by atoms with Crippen molar-refractivity contribution in [1.29, 1.82) is 0 Å². The molecule has 0 radical (unpaired) electrons. The number of nitrogens with zero attached hydrogens (tertiary/aromatic N) is 3. The molecule has 3 aromatic heterocycles. The summed E-state index contributed by atoms with van der Waals surface area (Å²) >= 11 is 4.96. The first-order chi connectivity index (χ1) is 10.3. The van der Waals surface area contributed by atoms with Crippen LogP contribution in [0.3, 0.4) is 0 Å². The third-order valence-electron chi connectivity index (χ3n) is 2.76. The second-order valence-electron chi connectivity index (χ2n) is 4.29. The first-order valence-corrected chi connectivity index (χ1v) is 8.15. The maximum Gasteiger partial charge on any atom is 0.169 e. The van der Waals surface area contributed by atoms with E-state index in [2.05, 4.69) is 36.2 Å². The normalized spacial score (nSPS) is 10.8. The zero-order chi connectivity index (χ0) is 14.7. The summed E-state index contributed by atoms with van der Waals surface area (Å²) in [5.74, 6) is 2.19. The van der Waals surface area contributed by atoms with Gasteiger partial charge in [0.2, 0.25) is 0 Å². The molecule has 5 nitrogen and oxygen atoms in total. The van der Waals surface area contributed by atoms with Crippen LogP contribution >= 0.6 is 27.3 Å². The first-order valence-electron chi connectivity index (χ1n) is 6.47. The Balaban J connectivity index is 1.83. The van der Waals surface area contributed by atoms with Gasteiger partial charge in [-0.2, -0.15) is 0 Å². The molecular formula is C14H13BrN4OS. The van der Waals surface area contributed by atoms with Crippen LogP contribution in [0.4, 0.5) is 5.82 Å². The first kappa shape index (κ1) is 14.2. The van der Waals surface area contributed by atoms with E-state index < -0.39 is 0 Å². The van der Waals surface area contributed by atoms with Crippen molar-refractivity contribution >= 4 is 43.3 Å². The maximum absolute atomic E-state index is 5.69. The van der Waals surface area contributed by atoms with Gasteiger partial charge in [0.15, 0.2) is 5.82 Å². The predicted molar refractivity (Wildman–Crippen MR) is 87.8 cm³/mol. The Bertz CT molecular complexity index is 762. The number of aromatic nitrogens is 3. The van der Waals surface area contributed by atoms with Gasteiger partial charge in [-0.1, -0.05) is 0 Å². The van der Waals surface area contributed by atoms with Crippen molar-refractivity contribution < 1.29 is 4.74 Å². The summed E-state index contributed by atoms with van der Waals surface area (Å²) in [5, 5.41) is 6.33. The van der Waals surface area contributed by atoms with Crippen LogP contribution in [0.2, 0.25) is 0 Å². The molecule has 1 N–H and O–H groups in total. The van der Waals surface area contributed by atoms with Crippen molar-refractivity contribution in [3.8, 4) is 5.75 Å². The van der Waals surface area contributed by atoms with Crippen molar-refractivity contribution in [2.75, 3.05) is 11.9 Å². The summed E-state index contributed by atoms with van der Waals surface area (Å²) in [6.45, 7) is 3.17. The second kappa shape index (κ2) is 6.36. The van der Waals surface area contributed by atoms with Crippen molar-refractivity contribution in [3.63, 3.8) is 0 Å². The van der Waals surface area contributed by atoms with Crippen LogP contribution in [-0.4, -0.2) is 21.5 Å². The van der Waals surface area contributed by atoms with E-state index in [4.69, 9.17) is 4.74 Å². The predicted octanol–water partition coefficient (Wildman–Crippen LogP) is 3.86. The number of anilines is 1. The summed E-state index contributed by atoms with van der Waals surface area (Å²) in [6.07, 6.45) is 3.38. The molecule has 0 unspecified atom stereocenters. The Morgan fingerprint density at radius 2 is 2.24 bits per heavy atom. The van der Waals surface area contributed by atoms with Crippen LogP contribution in [0.15, 0.2) is 34.4 Å². The molecule has 0 aliphatic rings. The molecule has 0 atom stereocenters. The molecule has 108 valence electrons. The molecule has 0 fully saturated rings. The molecule has 0 aromatic carbocycles. The third-order valence-corrected chi connectivity index (χ3v) is 4.00. The van der Waals surface area contributed by atoms with E-state index in [1.165, 1.54) is 0 Å². The van der Waals surface area contributed by atoms with E-state index >= 15 is 0 Å².